The molecule has 0 heterocycles. The van der Waals surface area contributed by atoms with E-state index in [-0.39, 0.29) is 12.0 Å². The highest BCUT2D eigenvalue weighted by Crippen LogP contribution is 2.24. The van der Waals surface area contributed by atoms with Gasteiger partial charge in [0.25, 0.3) is 0 Å². The minimum atomic E-state index is -0.210. The van der Waals surface area contributed by atoms with Crippen LogP contribution < -0.4 is 5.32 Å². The molecule has 1 rings (SSSR count). The van der Waals surface area contributed by atoms with Gasteiger partial charge in [-0.25, -0.2) is 0 Å². The first-order valence-corrected chi connectivity index (χ1v) is 7.19. The van der Waals surface area contributed by atoms with E-state index < -0.39 is 0 Å². The van der Waals surface area contributed by atoms with E-state index >= 15 is 0 Å². The molecule has 0 aromatic heterocycles. The minimum Gasteiger partial charge on any atom is -0.465 e. The van der Waals surface area contributed by atoms with Gasteiger partial charge in [-0.05, 0) is 39.8 Å². The van der Waals surface area contributed by atoms with E-state index in [1.54, 1.807) is 0 Å². The molecule has 0 amide bonds. The van der Waals surface area contributed by atoms with E-state index in [2.05, 4.69) is 17.3 Å². The number of likely N-dealkylation sites (N-methyl/N-ethyl adjacent to an activating group) is 2. The number of carbonyl (C=O) groups is 1. The second-order valence-electron chi connectivity index (χ2n) is 5.32. The molecule has 1 fully saturated rings. The number of hydrogen-bond acceptors (Lipinski definition) is 4. The Morgan fingerprint density at radius 2 is 2.06 bits per heavy atom. The topological polar surface area (TPSA) is 41.6 Å². The zero-order valence-electron chi connectivity index (χ0n) is 12.1. The molecule has 0 aliphatic heterocycles. The maximum absolute atomic E-state index is 11.7. The molecule has 0 bridgehead atoms. The first-order chi connectivity index (χ1) is 8.67. The smallest absolute Gasteiger partial charge is 0.324 e. The predicted molar refractivity (Wildman–Crippen MR) is 73.6 cm³/mol. The molecule has 1 aliphatic rings. The Kier molecular flexibility index (Phi) is 7.28. The molecule has 1 unspecified atom stereocenters. The molecule has 18 heavy (non-hydrogen) atoms. The fraction of sp³-hybridized carbons (Fsp3) is 0.929. The number of esters is 1. The fourth-order valence-electron chi connectivity index (χ4n) is 2.72. The van der Waals surface area contributed by atoms with Gasteiger partial charge in [-0.1, -0.05) is 19.3 Å². The van der Waals surface area contributed by atoms with Crippen LogP contribution in [0.3, 0.4) is 0 Å². The van der Waals surface area contributed by atoms with E-state index in [4.69, 9.17) is 4.74 Å². The third-order valence-electron chi connectivity index (χ3n) is 3.71. The van der Waals surface area contributed by atoms with Crippen LogP contribution in [-0.2, 0) is 9.53 Å². The maximum Gasteiger partial charge on any atom is 0.324 e. The molecule has 1 saturated carbocycles. The van der Waals surface area contributed by atoms with Crippen LogP contribution in [0.4, 0.5) is 0 Å². The van der Waals surface area contributed by atoms with Gasteiger partial charge >= 0.3 is 5.97 Å². The molecular weight excluding hydrogens is 228 g/mol. The summed E-state index contributed by atoms with van der Waals surface area (Å²) >= 11 is 0. The van der Waals surface area contributed by atoms with Crippen LogP contribution in [0.5, 0.6) is 0 Å². The second kappa shape index (κ2) is 8.48. The average molecular weight is 256 g/mol. The second-order valence-corrected chi connectivity index (χ2v) is 5.32. The van der Waals surface area contributed by atoms with Crippen molar-refractivity contribution in [3.63, 3.8) is 0 Å². The van der Waals surface area contributed by atoms with E-state index in [1.807, 2.05) is 14.0 Å². The predicted octanol–water partition coefficient (Wildman–Crippen LogP) is 1.65. The van der Waals surface area contributed by atoms with E-state index in [0.29, 0.717) is 6.61 Å². The summed E-state index contributed by atoms with van der Waals surface area (Å²) in [4.78, 5) is 13.9. The largest absolute Gasteiger partial charge is 0.465 e. The Labute approximate surface area is 111 Å². The van der Waals surface area contributed by atoms with Gasteiger partial charge in [-0.15, -0.1) is 0 Å². The lowest BCUT2D eigenvalue weighted by Crippen LogP contribution is -2.45. The van der Waals surface area contributed by atoms with Gasteiger partial charge in [-0.3, -0.25) is 4.79 Å². The van der Waals surface area contributed by atoms with Gasteiger partial charge in [-0.2, -0.15) is 0 Å². The highest BCUT2D eigenvalue weighted by atomic mass is 16.5. The van der Waals surface area contributed by atoms with Crippen molar-refractivity contribution in [2.45, 2.75) is 45.1 Å². The SMILES string of the molecule is CCOC(=O)C(CN(C)CC1CCCCC1)NC. The van der Waals surface area contributed by atoms with Gasteiger partial charge in [0.1, 0.15) is 6.04 Å². The maximum atomic E-state index is 11.7. The summed E-state index contributed by atoms with van der Waals surface area (Å²) in [5.74, 6) is 0.666. The third kappa shape index (κ3) is 5.36. The summed E-state index contributed by atoms with van der Waals surface area (Å²) in [5.41, 5.74) is 0. The van der Waals surface area contributed by atoms with Crippen LogP contribution in [0.25, 0.3) is 0 Å². The molecular formula is C14H28N2O2. The van der Waals surface area contributed by atoms with Crippen LogP contribution in [0.1, 0.15) is 39.0 Å². The first kappa shape index (κ1) is 15.4. The summed E-state index contributed by atoms with van der Waals surface area (Å²) in [6, 6.07) is -0.210. The Morgan fingerprint density at radius 1 is 1.39 bits per heavy atom. The molecule has 4 heteroatoms. The normalized spacial score (nSPS) is 18.9. The third-order valence-corrected chi connectivity index (χ3v) is 3.71. The Hall–Kier alpha value is -0.610. The van der Waals surface area contributed by atoms with Crippen LogP contribution in [0, 0.1) is 5.92 Å². The van der Waals surface area contributed by atoms with Gasteiger partial charge in [0.05, 0.1) is 6.61 Å². The van der Waals surface area contributed by atoms with Crippen molar-refractivity contribution in [3.05, 3.63) is 0 Å². The summed E-state index contributed by atoms with van der Waals surface area (Å²) < 4.78 is 5.06. The van der Waals surface area contributed by atoms with Crippen molar-refractivity contribution in [3.8, 4) is 0 Å². The standard InChI is InChI=1S/C14H28N2O2/c1-4-18-14(17)13(15-2)11-16(3)10-12-8-6-5-7-9-12/h12-13,15H,4-11H2,1-3H3. The van der Waals surface area contributed by atoms with Crippen molar-refractivity contribution in [2.24, 2.45) is 5.92 Å². The minimum absolute atomic E-state index is 0.143. The monoisotopic (exact) mass is 256 g/mol. The average Bonchev–Trinajstić information content (AvgIpc) is 2.37. The highest BCUT2D eigenvalue weighted by Gasteiger charge is 2.21. The number of carbonyl (C=O) groups excluding carboxylic acids is 1. The molecule has 1 aliphatic carbocycles. The molecule has 1 N–H and O–H groups in total. The van der Waals surface area contributed by atoms with Gasteiger partial charge in [0, 0.05) is 13.1 Å². The lowest BCUT2D eigenvalue weighted by atomic mass is 9.89. The lowest BCUT2D eigenvalue weighted by Gasteiger charge is -2.28. The molecule has 1 atom stereocenters. The molecule has 4 nitrogen and oxygen atoms in total. The van der Waals surface area contributed by atoms with Crippen LogP contribution in [0.2, 0.25) is 0 Å². The van der Waals surface area contributed by atoms with Gasteiger partial charge < -0.3 is 15.0 Å². The summed E-state index contributed by atoms with van der Waals surface area (Å²) in [7, 11) is 3.91. The van der Waals surface area contributed by atoms with Crippen molar-refractivity contribution in [1.29, 1.82) is 0 Å². The number of hydrogen-bond donors (Lipinski definition) is 1. The van der Waals surface area contributed by atoms with E-state index in [1.165, 1.54) is 32.1 Å². The fourth-order valence-corrected chi connectivity index (χ4v) is 2.72. The highest BCUT2D eigenvalue weighted by molar-refractivity contribution is 5.76. The number of rotatable bonds is 7. The zero-order valence-corrected chi connectivity index (χ0v) is 12.1. The van der Waals surface area contributed by atoms with Crippen LogP contribution >= 0.6 is 0 Å². The number of nitrogens with zero attached hydrogens (tertiary/aromatic N) is 1. The first-order valence-electron chi connectivity index (χ1n) is 7.19. The summed E-state index contributed by atoms with van der Waals surface area (Å²) in [6.07, 6.45) is 6.81. The molecule has 0 spiro atoms. The molecule has 106 valence electrons. The summed E-state index contributed by atoms with van der Waals surface area (Å²) in [6.45, 7) is 4.11. The number of nitrogens with one attached hydrogen (secondary N) is 1. The Balaban J connectivity index is 2.31. The molecule has 0 aromatic rings. The number of ether oxygens (including phenoxy) is 1. The zero-order chi connectivity index (χ0) is 13.4. The summed E-state index contributed by atoms with van der Waals surface area (Å²) in [5, 5.41) is 3.04. The quantitative estimate of drug-likeness (QED) is 0.703. The van der Waals surface area contributed by atoms with Crippen LogP contribution in [0.15, 0.2) is 0 Å². The van der Waals surface area contributed by atoms with Gasteiger partial charge in [0.15, 0.2) is 0 Å². The van der Waals surface area contributed by atoms with Crippen molar-refractivity contribution >= 4 is 5.97 Å². The Bertz CT molecular complexity index is 240. The van der Waals surface area contributed by atoms with Gasteiger partial charge in [0.2, 0.25) is 0 Å². The van der Waals surface area contributed by atoms with E-state index in [9.17, 15) is 4.79 Å². The van der Waals surface area contributed by atoms with Crippen molar-refractivity contribution < 1.29 is 9.53 Å². The Morgan fingerprint density at radius 3 is 2.61 bits per heavy atom. The van der Waals surface area contributed by atoms with Crippen molar-refractivity contribution in [2.75, 3.05) is 33.8 Å². The van der Waals surface area contributed by atoms with Crippen LogP contribution in [-0.4, -0.2) is 50.7 Å². The molecule has 0 saturated heterocycles. The molecule has 0 aromatic carbocycles. The molecule has 0 radical (unpaired) electrons. The lowest BCUT2D eigenvalue weighted by molar-refractivity contribution is -0.146. The van der Waals surface area contributed by atoms with E-state index in [0.717, 1.165) is 19.0 Å². The van der Waals surface area contributed by atoms with Crippen molar-refractivity contribution in [1.82, 2.24) is 10.2 Å².